The summed E-state index contributed by atoms with van der Waals surface area (Å²) in [4.78, 5) is 28.3. The van der Waals surface area contributed by atoms with Gasteiger partial charge in [-0.15, -0.1) is 0 Å². The van der Waals surface area contributed by atoms with Crippen molar-refractivity contribution in [2.24, 2.45) is 0 Å². The van der Waals surface area contributed by atoms with Crippen LogP contribution in [-0.4, -0.2) is 61.2 Å². The van der Waals surface area contributed by atoms with Gasteiger partial charge >= 0.3 is 0 Å². The van der Waals surface area contributed by atoms with E-state index in [4.69, 9.17) is 9.47 Å². The summed E-state index contributed by atoms with van der Waals surface area (Å²) in [5.41, 5.74) is 2.58. The lowest BCUT2D eigenvalue weighted by molar-refractivity contribution is -0.112. The summed E-state index contributed by atoms with van der Waals surface area (Å²) in [6.07, 6.45) is 0. The molecule has 7 nitrogen and oxygen atoms in total. The van der Waals surface area contributed by atoms with Gasteiger partial charge in [0.1, 0.15) is 18.1 Å². The van der Waals surface area contributed by atoms with Crippen molar-refractivity contribution in [3.8, 4) is 11.5 Å². The topological polar surface area (TPSA) is 88.1 Å². The number of carbonyl (C=O) groups excluding carboxylic acids is 2. The third-order valence-corrected chi connectivity index (χ3v) is 6.15. The molecule has 35 heavy (non-hydrogen) atoms. The molecule has 3 aromatic carbocycles. The molecule has 3 aromatic rings. The minimum atomic E-state index is -0.829. The second-order valence-corrected chi connectivity index (χ2v) is 8.71. The summed E-state index contributed by atoms with van der Waals surface area (Å²) in [7, 11) is 0. The maximum Gasteiger partial charge on any atom is 0.296 e. The van der Waals surface area contributed by atoms with Crippen LogP contribution >= 0.6 is 0 Å². The lowest BCUT2D eigenvalue weighted by atomic mass is 9.99. The van der Waals surface area contributed by atoms with E-state index < -0.39 is 11.7 Å². The number of phenols is 1. The van der Waals surface area contributed by atoms with Gasteiger partial charge in [-0.25, -0.2) is 0 Å². The summed E-state index contributed by atoms with van der Waals surface area (Å²) in [5.74, 6) is -0.943. The zero-order valence-electron chi connectivity index (χ0n) is 20.1. The fourth-order valence-corrected chi connectivity index (χ4v) is 4.13. The standard InChI is InChI=1S/C28H30N2O5/c1-18(2)20-16-19(3)26(31)24(17-20)29-28(33)27(32)23-8-9-25(22-7-5-4-6-21(22)23)35-15-12-30-10-13-34-14-11-30/h4-9,16-17,31H,1,10-15H2,2-3H3,(H,29,33). The van der Waals surface area contributed by atoms with E-state index in [1.165, 1.54) is 0 Å². The third-order valence-electron chi connectivity index (χ3n) is 6.15. The predicted octanol–water partition coefficient (Wildman–Crippen LogP) is 4.42. The van der Waals surface area contributed by atoms with Gasteiger partial charge in [0, 0.05) is 30.6 Å². The van der Waals surface area contributed by atoms with Crippen LogP contribution in [0.5, 0.6) is 11.5 Å². The third kappa shape index (κ3) is 5.53. The van der Waals surface area contributed by atoms with Crippen LogP contribution < -0.4 is 10.1 Å². The molecule has 0 aliphatic carbocycles. The molecule has 7 heteroatoms. The van der Waals surface area contributed by atoms with Gasteiger partial charge in [-0.2, -0.15) is 0 Å². The van der Waals surface area contributed by atoms with Crippen LogP contribution in [0.25, 0.3) is 16.3 Å². The van der Waals surface area contributed by atoms with E-state index in [2.05, 4.69) is 16.8 Å². The molecule has 0 atom stereocenters. The number of nitrogens with zero attached hydrogens (tertiary/aromatic N) is 1. The first-order valence-electron chi connectivity index (χ1n) is 11.6. The highest BCUT2D eigenvalue weighted by atomic mass is 16.5. The molecular formula is C28H30N2O5. The number of allylic oxidation sites excluding steroid dienone is 1. The Hall–Kier alpha value is -3.68. The van der Waals surface area contributed by atoms with Gasteiger partial charge in [-0.1, -0.05) is 36.4 Å². The monoisotopic (exact) mass is 474 g/mol. The van der Waals surface area contributed by atoms with E-state index in [9.17, 15) is 14.7 Å². The Morgan fingerprint density at radius 2 is 1.83 bits per heavy atom. The van der Waals surface area contributed by atoms with Crippen molar-refractivity contribution in [2.45, 2.75) is 13.8 Å². The summed E-state index contributed by atoms with van der Waals surface area (Å²) >= 11 is 0. The molecule has 1 heterocycles. The number of benzene rings is 3. The second-order valence-electron chi connectivity index (χ2n) is 8.71. The molecule has 2 N–H and O–H groups in total. The molecule has 1 fully saturated rings. The molecule has 0 bridgehead atoms. The van der Waals surface area contributed by atoms with Crippen LogP contribution in [0.15, 0.2) is 55.1 Å². The van der Waals surface area contributed by atoms with E-state index in [1.54, 1.807) is 37.3 Å². The van der Waals surface area contributed by atoms with Gasteiger partial charge in [-0.3, -0.25) is 14.5 Å². The van der Waals surface area contributed by atoms with Gasteiger partial charge < -0.3 is 19.9 Å². The summed E-state index contributed by atoms with van der Waals surface area (Å²) < 4.78 is 11.4. The Morgan fingerprint density at radius 3 is 2.54 bits per heavy atom. The molecule has 0 aromatic heterocycles. The van der Waals surface area contributed by atoms with E-state index >= 15 is 0 Å². The van der Waals surface area contributed by atoms with Gasteiger partial charge in [0.25, 0.3) is 11.7 Å². The Bertz CT molecular complexity index is 1280. The van der Waals surface area contributed by atoms with Gasteiger partial charge in [0.05, 0.1) is 18.9 Å². The number of hydrogen-bond donors (Lipinski definition) is 2. The zero-order valence-corrected chi connectivity index (χ0v) is 20.1. The number of aromatic hydroxyl groups is 1. The lowest BCUT2D eigenvalue weighted by Crippen LogP contribution is -2.38. The maximum atomic E-state index is 13.1. The smallest absolute Gasteiger partial charge is 0.296 e. The van der Waals surface area contributed by atoms with E-state index in [-0.39, 0.29) is 17.0 Å². The Labute approximate surface area is 205 Å². The second kappa shape index (κ2) is 10.7. The number of carbonyl (C=O) groups is 2. The number of morpholine rings is 1. The van der Waals surface area contributed by atoms with Crippen LogP contribution in [0.3, 0.4) is 0 Å². The number of fused-ring (bicyclic) bond motifs is 1. The Morgan fingerprint density at radius 1 is 1.11 bits per heavy atom. The van der Waals surface area contributed by atoms with E-state index in [1.807, 2.05) is 25.1 Å². The van der Waals surface area contributed by atoms with E-state index in [0.29, 0.717) is 23.3 Å². The number of ether oxygens (including phenoxy) is 2. The molecule has 1 aliphatic heterocycles. The molecule has 0 saturated carbocycles. The number of amides is 1. The van der Waals surface area contributed by atoms with Gasteiger partial charge in [-0.05, 0) is 54.6 Å². The molecular weight excluding hydrogens is 444 g/mol. The summed E-state index contributed by atoms with van der Waals surface area (Å²) in [6.45, 7) is 12.0. The van der Waals surface area contributed by atoms with Crippen LogP contribution in [0.4, 0.5) is 5.69 Å². The zero-order chi connectivity index (χ0) is 24.9. The van der Waals surface area contributed by atoms with Crippen molar-refractivity contribution in [1.82, 2.24) is 4.90 Å². The van der Waals surface area contributed by atoms with E-state index in [0.717, 1.165) is 49.4 Å². The van der Waals surface area contributed by atoms with Crippen molar-refractivity contribution >= 4 is 33.7 Å². The van der Waals surface area contributed by atoms with Crippen molar-refractivity contribution in [3.05, 3.63) is 71.8 Å². The number of ketones is 1. The van der Waals surface area contributed by atoms with Gasteiger partial charge in [0.15, 0.2) is 0 Å². The van der Waals surface area contributed by atoms with Crippen molar-refractivity contribution in [3.63, 3.8) is 0 Å². The molecule has 182 valence electrons. The van der Waals surface area contributed by atoms with Gasteiger partial charge in [0.2, 0.25) is 0 Å². The fraction of sp³-hybridized carbons (Fsp3) is 0.286. The normalized spacial score (nSPS) is 14.0. The highest BCUT2D eigenvalue weighted by Crippen LogP contribution is 2.32. The minimum absolute atomic E-state index is 0.0787. The Kier molecular flexibility index (Phi) is 7.48. The first-order chi connectivity index (χ1) is 16.8. The highest BCUT2D eigenvalue weighted by molar-refractivity contribution is 6.48. The first-order valence-corrected chi connectivity index (χ1v) is 11.6. The van der Waals surface area contributed by atoms with Crippen LogP contribution in [0.2, 0.25) is 0 Å². The van der Waals surface area contributed by atoms with Crippen LogP contribution in [0, 0.1) is 6.92 Å². The number of hydrogen-bond acceptors (Lipinski definition) is 6. The van der Waals surface area contributed by atoms with Crippen molar-refractivity contribution in [1.29, 1.82) is 0 Å². The quantitative estimate of drug-likeness (QED) is 0.286. The largest absolute Gasteiger partial charge is 0.505 e. The molecule has 0 radical (unpaired) electrons. The average molecular weight is 475 g/mol. The number of anilines is 1. The first kappa shape index (κ1) is 24.4. The molecule has 0 spiro atoms. The van der Waals surface area contributed by atoms with Crippen molar-refractivity contribution in [2.75, 3.05) is 44.8 Å². The number of aryl methyl sites for hydroxylation is 1. The fourth-order valence-electron chi connectivity index (χ4n) is 4.13. The highest BCUT2D eigenvalue weighted by Gasteiger charge is 2.22. The van der Waals surface area contributed by atoms with Crippen LogP contribution in [0.1, 0.15) is 28.4 Å². The number of rotatable bonds is 8. The molecule has 1 aliphatic rings. The number of nitrogens with one attached hydrogen (secondary N) is 1. The molecule has 0 unspecified atom stereocenters. The number of Topliss-reactive ketones (excluding diaryl/α,β-unsaturated/α-hetero) is 1. The molecule has 1 saturated heterocycles. The lowest BCUT2D eigenvalue weighted by Gasteiger charge is -2.26. The number of phenolic OH excluding ortho intramolecular Hbond substituents is 1. The molecule has 1 amide bonds. The summed E-state index contributed by atoms with van der Waals surface area (Å²) in [6, 6.07) is 14.1. The molecule has 4 rings (SSSR count). The van der Waals surface area contributed by atoms with Crippen molar-refractivity contribution < 1.29 is 24.2 Å². The van der Waals surface area contributed by atoms with Crippen LogP contribution in [-0.2, 0) is 9.53 Å². The summed E-state index contributed by atoms with van der Waals surface area (Å²) in [5, 5.41) is 14.4. The average Bonchev–Trinajstić information content (AvgIpc) is 2.86. The predicted molar refractivity (Wildman–Crippen MR) is 137 cm³/mol. The maximum absolute atomic E-state index is 13.1. The SMILES string of the molecule is C=C(C)c1cc(C)c(O)c(NC(=O)C(=O)c2ccc(OCCN3CCOCC3)c3ccccc23)c1. The Balaban J connectivity index is 1.53. The minimum Gasteiger partial charge on any atom is -0.505 e.